The fourth-order valence-corrected chi connectivity index (χ4v) is 5.73. The van der Waals surface area contributed by atoms with E-state index in [0.29, 0.717) is 62.7 Å². The predicted molar refractivity (Wildman–Crippen MR) is 173 cm³/mol. The van der Waals surface area contributed by atoms with Crippen molar-refractivity contribution >= 4 is 39.6 Å². The molecule has 3 heterocycles. The molecule has 1 atom stereocenters. The highest BCUT2D eigenvalue weighted by atomic mass is 16.5. The minimum Gasteiger partial charge on any atom is -0.479 e. The van der Waals surface area contributed by atoms with Crippen LogP contribution in [0.2, 0.25) is 0 Å². The van der Waals surface area contributed by atoms with Crippen LogP contribution in [0.15, 0.2) is 48.5 Å². The lowest BCUT2D eigenvalue weighted by Crippen LogP contribution is -2.49. The molecule has 2 aromatic carbocycles. The van der Waals surface area contributed by atoms with Crippen molar-refractivity contribution < 1.29 is 24.2 Å². The van der Waals surface area contributed by atoms with Crippen molar-refractivity contribution in [1.82, 2.24) is 29.2 Å². The van der Waals surface area contributed by atoms with Gasteiger partial charge in [-0.25, -0.2) is 14.8 Å². The van der Waals surface area contributed by atoms with Gasteiger partial charge in [0.2, 0.25) is 5.91 Å². The van der Waals surface area contributed by atoms with Gasteiger partial charge in [0.25, 0.3) is 0 Å². The van der Waals surface area contributed by atoms with Crippen molar-refractivity contribution in [3.05, 3.63) is 59.9 Å². The molecule has 0 radical (unpaired) electrons. The van der Waals surface area contributed by atoms with Crippen LogP contribution in [-0.2, 0) is 33.8 Å². The SMILES string of the molecule is COCCc1nc2c(N)nc3ccccc3c2n1CCCN(Cc1cccc(OC(C)C(=O)O)c1)C(=O)CN1CCN(C)CC1. The molecule has 240 valence electrons. The molecule has 0 bridgehead atoms. The Kier molecular flexibility index (Phi) is 10.5. The first-order valence-corrected chi connectivity index (χ1v) is 15.4. The number of piperazine rings is 1. The number of imidazole rings is 1. The van der Waals surface area contributed by atoms with Gasteiger partial charge >= 0.3 is 5.97 Å². The molecule has 5 rings (SSSR count). The Morgan fingerprint density at radius 1 is 1.09 bits per heavy atom. The minimum atomic E-state index is -1.04. The number of methoxy groups -OCH3 is 1. The van der Waals surface area contributed by atoms with Crippen molar-refractivity contribution in [3.63, 3.8) is 0 Å². The molecule has 1 aliphatic rings. The summed E-state index contributed by atoms with van der Waals surface area (Å²) in [5.41, 5.74) is 9.67. The number of carbonyl (C=O) groups is 2. The molecule has 0 aliphatic carbocycles. The van der Waals surface area contributed by atoms with Gasteiger partial charge in [-0.15, -0.1) is 0 Å². The number of anilines is 1. The van der Waals surface area contributed by atoms with Crippen molar-refractivity contribution in [3.8, 4) is 5.75 Å². The van der Waals surface area contributed by atoms with Gasteiger partial charge in [-0.1, -0.05) is 30.3 Å². The molecular weight excluding hydrogens is 574 g/mol. The molecule has 1 aliphatic heterocycles. The number of nitrogens with two attached hydrogens (primary N) is 1. The smallest absolute Gasteiger partial charge is 0.344 e. The zero-order chi connectivity index (χ0) is 31.9. The standard InChI is InChI=1S/C33H43N7O5/c1-23(33(42)43)45-25-9-6-8-24(20-25)21-39(29(41)22-38-17-15-37(2)16-18-38)13-7-14-40-28(12-19-44-3)36-30-31(40)26-10-4-5-11-27(26)35-32(30)34/h4-6,8-11,20,23H,7,12-19,21-22H2,1-3H3,(H2,34,35)(H,42,43). The van der Waals surface area contributed by atoms with Crippen LogP contribution in [0.3, 0.4) is 0 Å². The number of ether oxygens (including phenoxy) is 2. The summed E-state index contributed by atoms with van der Waals surface area (Å²) >= 11 is 0. The van der Waals surface area contributed by atoms with Gasteiger partial charge in [0.05, 0.1) is 24.2 Å². The van der Waals surface area contributed by atoms with E-state index >= 15 is 0 Å². The number of carboxylic acid groups (broad SMARTS) is 1. The fraction of sp³-hybridized carbons (Fsp3) is 0.455. The highest BCUT2D eigenvalue weighted by molar-refractivity contribution is 6.06. The van der Waals surface area contributed by atoms with E-state index < -0.39 is 12.1 Å². The van der Waals surface area contributed by atoms with Crippen molar-refractivity contribution in [2.45, 2.75) is 39.0 Å². The number of para-hydroxylation sites is 1. The third kappa shape index (κ3) is 7.88. The number of hydrogen-bond acceptors (Lipinski definition) is 9. The third-order valence-corrected chi connectivity index (χ3v) is 8.27. The van der Waals surface area contributed by atoms with Gasteiger partial charge in [0.15, 0.2) is 11.9 Å². The van der Waals surface area contributed by atoms with E-state index in [0.717, 1.165) is 54.0 Å². The number of amides is 1. The second-order valence-electron chi connectivity index (χ2n) is 11.6. The lowest BCUT2D eigenvalue weighted by atomic mass is 10.1. The number of carbonyl (C=O) groups excluding carboxylic acids is 1. The third-order valence-electron chi connectivity index (χ3n) is 8.27. The Balaban J connectivity index is 1.38. The Bertz CT molecular complexity index is 1630. The lowest BCUT2D eigenvalue weighted by molar-refractivity contribution is -0.144. The first-order valence-electron chi connectivity index (χ1n) is 15.4. The molecule has 1 amide bonds. The molecule has 4 aromatic rings. The quantitative estimate of drug-likeness (QED) is 0.217. The maximum atomic E-state index is 13.8. The number of nitrogens with zero attached hydrogens (tertiary/aromatic N) is 6. The number of nitrogen functional groups attached to an aromatic ring is 1. The molecule has 0 spiro atoms. The number of fused-ring (bicyclic) bond motifs is 3. The van der Waals surface area contributed by atoms with Crippen LogP contribution >= 0.6 is 0 Å². The maximum absolute atomic E-state index is 13.8. The number of benzene rings is 2. The first kappa shape index (κ1) is 32.1. The molecule has 12 heteroatoms. The maximum Gasteiger partial charge on any atom is 0.344 e. The molecule has 1 saturated heterocycles. The Morgan fingerprint density at radius 3 is 2.62 bits per heavy atom. The molecule has 1 fully saturated rings. The Labute approximate surface area is 263 Å². The largest absolute Gasteiger partial charge is 0.479 e. The topological polar surface area (TPSA) is 139 Å². The summed E-state index contributed by atoms with van der Waals surface area (Å²) in [4.78, 5) is 40.9. The van der Waals surface area contributed by atoms with E-state index in [1.807, 2.05) is 47.4 Å². The number of carboxylic acids is 1. The summed E-state index contributed by atoms with van der Waals surface area (Å²) in [5, 5.41) is 10.3. The first-order chi connectivity index (χ1) is 21.7. The van der Waals surface area contributed by atoms with E-state index in [-0.39, 0.29) is 5.91 Å². The summed E-state index contributed by atoms with van der Waals surface area (Å²) in [6.07, 6.45) is 0.322. The van der Waals surface area contributed by atoms with Crippen LogP contribution in [0.4, 0.5) is 5.82 Å². The number of likely N-dealkylation sites (N-methyl/N-ethyl adjacent to an activating group) is 1. The highest BCUT2D eigenvalue weighted by Crippen LogP contribution is 2.29. The van der Waals surface area contributed by atoms with Crippen molar-refractivity contribution in [1.29, 1.82) is 0 Å². The summed E-state index contributed by atoms with van der Waals surface area (Å²) in [7, 11) is 3.77. The molecule has 1 unspecified atom stereocenters. The predicted octanol–water partition coefficient (Wildman–Crippen LogP) is 2.87. The molecule has 45 heavy (non-hydrogen) atoms. The molecule has 12 nitrogen and oxygen atoms in total. The van der Waals surface area contributed by atoms with Crippen LogP contribution in [0, 0.1) is 0 Å². The number of pyridine rings is 1. The van der Waals surface area contributed by atoms with E-state index in [4.69, 9.17) is 20.2 Å². The molecular formula is C33H43N7O5. The van der Waals surface area contributed by atoms with Crippen molar-refractivity contribution in [2.75, 3.05) is 65.8 Å². The second-order valence-corrected chi connectivity index (χ2v) is 11.6. The number of rotatable bonds is 14. The molecule has 3 N–H and O–H groups in total. The monoisotopic (exact) mass is 617 g/mol. The van der Waals surface area contributed by atoms with Crippen LogP contribution in [0.5, 0.6) is 5.75 Å². The van der Waals surface area contributed by atoms with Crippen molar-refractivity contribution in [2.24, 2.45) is 0 Å². The van der Waals surface area contributed by atoms with Gasteiger partial charge in [-0.05, 0) is 44.2 Å². The van der Waals surface area contributed by atoms with E-state index in [2.05, 4.69) is 26.4 Å². The normalized spacial score (nSPS) is 15.0. The van der Waals surface area contributed by atoms with Crippen LogP contribution in [0.1, 0.15) is 24.7 Å². The summed E-state index contributed by atoms with van der Waals surface area (Å²) < 4.78 is 13.2. The van der Waals surface area contributed by atoms with Gasteiger partial charge < -0.3 is 34.7 Å². The van der Waals surface area contributed by atoms with Gasteiger partial charge in [0, 0.05) is 64.7 Å². The number of aliphatic carboxylic acids is 1. The zero-order valence-electron chi connectivity index (χ0n) is 26.3. The zero-order valence-corrected chi connectivity index (χ0v) is 26.3. The number of aryl methyl sites for hydroxylation is 1. The van der Waals surface area contributed by atoms with Crippen LogP contribution in [-0.4, -0.2) is 112 Å². The fourth-order valence-electron chi connectivity index (χ4n) is 5.73. The summed E-state index contributed by atoms with van der Waals surface area (Å²) in [6, 6.07) is 15.2. The lowest BCUT2D eigenvalue weighted by Gasteiger charge is -2.33. The molecule has 2 aromatic heterocycles. The van der Waals surface area contributed by atoms with E-state index in [1.165, 1.54) is 6.92 Å². The number of hydrogen-bond donors (Lipinski definition) is 2. The summed E-state index contributed by atoms with van der Waals surface area (Å²) in [6.45, 7) is 7.43. The molecule has 0 saturated carbocycles. The Morgan fingerprint density at radius 2 is 1.87 bits per heavy atom. The summed E-state index contributed by atoms with van der Waals surface area (Å²) in [5.74, 6) is 0.735. The van der Waals surface area contributed by atoms with Crippen LogP contribution < -0.4 is 10.5 Å². The van der Waals surface area contributed by atoms with Gasteiger partial charge in [-0.3, -0.25) is 9.69 Å². The van der Waals surface area contributed by atoms with Gasteiger partial charge in [0.1, 0.15) is 17.1 Å². The number of aromatic nitrogens is 3. The second kappa shape index (κ2) is 14.7. The average molecular weight is 618 g/mol. The highest BCUT2D eigenvalue weighted by Gasteiger charge is 2.22. The van der Waals surface area contributed by atoms with Crippen LogP contribution in [0.25, 0.3) is 21.9 Å². The van der Waals surface area contributed by atoms with E-state index in [9.17, 15) is 14.7 Å². The minimum absolute atomic E-state index is 0.0544. The van der Waals surface area contributed by atoms with E-state index in [1.54, 1.807) is 13.2 Å². The van der Waals surface area contributed by atoms with Gasteiger partial charge in [-0.2, -0.15) is 0 Å². The average Bonchev–Trinajstić information content (AvgIpc) is 3.40. The Hall–Kier alpha value is -4.26.